The van der Waals surface area contributed by atoms with Crippen molar-refractivity contribution in [2.75, 3.05) is 0 Å². The van der Waals surface area contributed by atoms with Crippen LogP contribution in [0.2, 0.25) is 17.7 Å². The third kappa shape index (κ3) is 0.288. The first kappa shape index (κ1) is 3.23. The molecule has 0 aliphatic carbocycles. The molecule has 6 heavy (non-hydrogen) atoms. The van der Waals surface area contributed by atoms with E-state index >= 15 is 0 Å². The van der Waals surface area contributed by atoms with Gasteiger partial charge in [0.05, 0.1) is 21.8 Å². The van der Waals surface area contributed by atoms with Gasteiger partial charge < -0.3 is 0 Å². The maximum absolute atomic E-state index is 2.37. The van der Waals surface area contributed by atoms with E-state index in [2.05, 4.69) is 21.8 Å². The summed E-state index contributed by atoms with van der Waals surface area (Å²) in [5, 5.41) is 0. The van der Waals surface area contributed by atoms with E-state index in [1.807, 2.05) is 0 Å². The SMILES string of the molecule is [B]1C[B]C2[B]C12. The van der Waals surface area contributed by atoms with Crippen molar-refractivity contribution in [1.82, 2.24) is 0 Å². The first-order chi connectivity index (χ1) is 2.97. The molecule has 3 heteroatoms. The van der Waals surface area contributed by atoms with Crippen LogP contribution in [-0.4, -0.2) is 21.8 Å². The normalized spacial score (nSPS) is 48.0. The van der Waals surface area contributed by atoms with Crippen LogP contribution in [0.25, 0.3) is 0 Å². The van der Waals surface area contributed by atoms with E-state index in [0.717, 1.165) is 11.4 Å². The second-order valence-corrected chi connectivity index (χ2v) is 2.05. The van der Waals surface area contributed by atoms with Gasteiger partial charge in [-0.25, -0.2) is 0 Å². The van der Waals surface area contributed by atoms with Gasteiger partial charge in [-0.1, -0.05) is 0 Å². The Kier molecular flexibility index (Phi) is 0.473. The number of rotatable bonds is 0. The maximum atomic E-state index is 2.37. The van der Waals surface area contributed by atoms with E-state index in [4.69, 9.17) is 0 Å². The van der Waals surface area contributed by atoms with Crippen LogP contribution in [-0.2, 0) is 0 Å². The highest BCUT2D eigenvalue weighted by atomic mass is 14.1. The lowest BCUT2D eigenvalue weighted by Crippen LogP contribution is -1.89. The van der Waals surface area contributed by atoms with Crippen molar-refractivity contribution in [3.63, 3.8) is 0 Å². The second kappa shape index (κ2) is 0.879. The van der Waals surface area contributed by atoms with E-state index in [1.54, 1.807) is 0 Å². The molecule has 0 aromatic heterocycles. The first-order valence-electron chi connectivity index (χ1n) is 2.48. The van der Waals surface area contributed by atoms with Gasteiger partial charge >= 0.3 is 0 Å². The van der Waals surface area contributed by atoms with Crippen LogP contribution in [0.3, 0.4) is 0 Å². The molecule has 2 heterocycles. The second-order valence-electron chi connectivity index (χ2n) is 2.05. The zero-order chi connectivity index (χ0) is 3.98. The molecular formula is C3H4B3. The number of hydrogen-bond donors (Lipinski definition) is 0. The van der Waals surface area contributed by atoms with Crippen molar-refractivity contribution >= 4 is 21.8 Å². The largest absolute Gasteiger partial charge is 0.107 e. The van der Waals surface area contributed by atoms with Gasteiger partial charge in [0.2, 0.25) is 0 Å². The Hall–Kier alpha value is 0.195. The molecule has 25 valence electrons. The molecule has 0 bridgehead atoms. The molecule has 0 nitrogen and oxygen atoms in total. The van der Waals surface area contributed by atoms with E-state index in [1.165, 1.54) is 6.22 Å². The van der Waals surface area contributed by atoms with Gasteiger partial charge in [-0.15, -0.1) is 17.7 Å². The fourth-order valence-corrected chi connectivity index (χ4v) is 1.06. The summed E-state index contributed by atoms with van der Waals surface area (Å²) in [6.07, 6.45) is 1.26. The molecule has 2 unspecified atom stereocenters. The summed E-state index contributed by atoms with van der Waals surface area (Å²) in [5.41, 5.74) is 1.81. The van der Waals surface area contributed by atoms with Crippen LogP contribution in [0.15, 0.2) is 0 Å². The Morgan fingerprint density at radius 3 is 2.00 bits per heavy atom. The summed E-state index contributed by atoms with van der Waals surface area (Å²) in [6, 6.07) is 0. The van der Waals surface area contributed by atoms with Crippen molar-refractivity contribution in [3.05, 3.63) is 0 Å². The molecule has 0 N–H and O–H groups in total. The summed E-state index contributed by atoms with van der Waals surface area (Å²) >= 11 is 0. The van der Waals surface area contributed by atoms with Crippen LogP contribution >= 0.6 is 0 Å². The van der Waals surface area contributed by atoms with Crippen molar-refractivity contribution in [3.8, 4) is 0 Å². The standard InChI is InChI=1S/C3H4B3/c1-4-2-3(5-1)6-2/h2-3H,1H2. The van der Waals surface area contributed by atoms with E-state index < -0.39 is 0 Å². The van der Waals surface area contributed by atoms with Crippen LogP contribution in [0, 0.1) is 0 Å². The van der Waals surface area contributed by atoms with E-state index in [-0.39, 0.29) is 0 Å². The monoisotopic (exact) mass is 73.1 g/mol. The van der Waals surface area contributed by atoms with E-state index in [9.17, 15) is 0 Å². The van der Waals surface area contributed by atoms with Gasteiger partial charge in [0, 0.05) is 0 Å². The van der Waals surface area contributed by atoms with Gasteiger partial charge in [-0.2, -0.15) is 0 Å². The Labute approximate surface area is 40.4 Å². The average Bonchev–Trinajstić information content (AvgIpc) is 2.17. The summed E-state index contributed by atoms with van der Waals surface area (Å²) in [7, 11) is 7.10. The quantitative estimate of drug-likeness (QED) is 0.353. The Morgan fingerprint density at radius 2 is 1.83 bits per heavy atom. The lowest BCUT2D eigenvalue weighted by Gasteiger charge is -1.76. The molecule has 0 saturated carbocycles. The zero-order valence-corrected chi connectivity index (χ0v) is 3.59. The summed E-state index contributed by atoms with van der Waals surface area (Å²) in [5.74, 6) is 0. The Balaban J connectivity index is 2.09. The van der Waals surface area contributed by atoms with Gasteiger partial charge in [-0.3, -0.25) is 0 Å². The number of fused-ring (bicyclic) bond motifs is 1. The third-order valence-corrected chi connectivity index (χ3v) is 1.56. The maximum Gasteiger partial charge on any atom is 0.0958 e. The Morgan fingerprint density at radius 1 is 1.17 bits per heavy atom. The minimum absolute atomic E-state index is 0.907. The Bertz CT molecular complexity index is 64.4. The number of hydrogen-bond acceptors (Lipinski definition) is 0. The average molecular weight is 72.5 g/mol. The van der Waals surface area contributed by atoms with Gasteiger partial charge in [0.25, 0.3) is 0 Å². The predicted molar refractivity (Wildman–Crippen MR) is 29.6 cm³/mol. The van der Waals surface area contributed by atoms with Crippen molar-refractivity contribution in [2.45, 2.75) is 17.7 Å². The van der Waals surface area contributed by atoms with Gasteiger partial charge in [0.15, 0.2) is 0 Å². The topological polar surface area (TPSA) is 0 Å². The minimum Gasteiger partial charge on any atom is -0.107 e. The molecule has 0 spiro atoms. The lowest BCUT2D eigenvalue weighted by molar-refractivity contribution is 1.46. The first-order valence-corrected chi connectivity index (χ1v) is 2.48. The highest BCUT2D eigenvalue weighted by Crippen LogP contribution is 2.44. The van der Waals surface area contributed by atoms with Crippen molar-refractivity contribution in [1.29, 1.82) is 0 Å². The van der Waals surface area contributed by atoms with Crippen molar-refractivity contribution < 1.29 is 0 Å². The van der Waals surface area contributed by atoms with Crippen LogP contribution < -0.4 is 0 Å². The smallest absolute Gasteiger partial charge is 0.0958 e. The molecule has 0 amide bonds. The highest BCUT2D eigenvalue weighted by Gasteiger charge is 2.41. The molecule has 2 rings (SSSR count). The summed E-state index contributed by atoms with van der Waals surface area (Å²) in [6.45, 7) is 0. The predicted octanol–water partition coefficient (Wildman–Crippen LogP) is -0.00600. The lowest BCUT2D eigenvalue weighted by atomic mass is 9.51. The van der Waals surface area contributed by atoms with Crippen LogP contribution in [0.5, 0.6) is 0 Å². The fraction of sp³-hybridized carbons (Fsp3) is 1.00. The molecule has 2 saturated heterocycles. The van der Waals surface area contributed by atoms with Crippen LogP contribution in [0.1, 0.15) is 0 Å². The molecule has 2 atom stereocenters. The molecule has 0 aromatic carbocycles. The summed E-state index contributed by atoms with van der Waals surface area (Å²) in [4.78, 5) is 0. The van der Waals surface area contributed by atoms with Gasteiger partial charge in [-0.05, 0) is 0 Å². The molecular weight excluding hydrogens is 68.5 g/mol. The highest BCUT2D eigenvalue weighted by molar-refractivity contribution is 6.91. The van der Waals surface area contributed by atoms with E-state index in [0.29, 0.717) is 0 Å². The molecule has 2 aliphatic rings. The summed E-state index contributed by atoms with van der Waals surface area (Å²) < 4.78 is 0. The third-order valence-electron chi connectivity index (χ3n) is 1.56. The molecule has 2 aliphatic heterocycles. The van der Waals surface area contributed by atoms with Gasteiger partial charge in [0.1, 0.15) is 0 Å². The molecule has 3 radical (unpaired) electrons. The van der Waals surface area contributed by atoms with Crippen molar-refractivity contribution in [2.24, 2.45) is 0 Å². The minimum atomic E-state index is 0.907. The van der Waals surface area contributed by atoms with Crippen LogP contribution in [0.4, 0.5) is 0 Å². The molecule has 0 aromatic rings. The zero-order valence-electron chi connectivity index (χ0n) is 3.59. The molecule has 2 fully saturated rings. The fourth-order valence-electron chi connectivity index (χ4n) is 1.06.